The highest BCUT2D eigenvalue weighted by Gasteiger charge is 2.26. The molecule has 2 aliphatic heterocycles. The van der Waals surface area contributed by atoms with Gasteiger partial charge in [0.25, 0.3) is 0 Å². The maximum absolute atomic E-state index is 12.1. The van der Waals surface area contributed by atoms with E-state index in [1.54, 1.807) is 0 Å². The number of nitrogens with zero attached hydrogens (tertiary/aromatic N) is 2. The van der Waals surface area contributed by atoms with E-state index in [-0.39, 0.29) is 24.7 Å². The summed E-state index contributed by atoms with van der Waals surface area (Å²) in [5.74, 6) is 0.0936. The molecule has 2 fully saturated rings. The topological polar surface area (TPSA) is 65.0 Å². The molecular weight excluding hydrogens is 258 g/mol. The van der Waals surface area contributed by atoms with Crippen molar-refractivity contribution in [3.05, 3.63) is 0 Å². The molecule has 0 aromatic heterocycles. The summed E-state index contributed by atoms with van der Waals surface area (Å²) >= 11 is 0. The van der Waals surface area contributed by atoms with Crippen molar-refractivity contribution in [1.82, 2.24) is 15.1 Å². The van der Waals surface area contributed by atoms with Crippen LogP contribution in [-0.4, -0.2) is 85.4 Å². The van der Waals surface area contributed by atoms with Gasteiger partial charge in [-0.05, 0) is 19.8 Å². The first-order chi connectivity index (χ1) is 9.70. The second kappa shape index (κ2) is 7.93. The number of carbonyl (C=O) groups excluding carboxylic acids is 1. The maximum atomic E-state index is 12.1. The van der Waals surface area contributed by atoms with E-state index in [0.29, 0.717) is 6.54 Å². The summed E-state index contributed by atoms with van der Waals surface area (Å²) in [6, 6.07) is -0.0901. The number of aliphatic hydroxyl groups excluding tert-OH is 1. The highest BCUT2D eigenvalue weighted by molar-refractivity contribution is 5.81. The number of hydrogen-bond donors (Lipinski definition) is 2. The maximum Gasteiger partial charge on any atom is 0.237 e. The van der Waals surface area contributed by atoms with Gasteiger partial charge in [-0.3, -0.25) is 14.6 Å². The Hall–Kier alpha value is -0.690. The summed E-state index contributed by atoms with van der Waals surface area (Å²) in [6.07, 6.45) is 2.35. The first-order valence-corrected chi connectivity index (χ1v) is 7.67. The molecule has 0 bridgehead atoms. The van der Waals surface area contributed by atoms with Crippen molar-refractivity contribution in [2.24, 2.45) is 0 Å². The van der Waals surface area contributed by atoms with E-state index < -0.39 is 0 Å². The van der Waals surface area contributed by atoms with Crippen LogP contribution in [0.4, 0.5) is 0 Å². The molecule has 2 rings (SSSR count). The van der Waals surface area contributed by atoms with Gasteiger partial charge in [0.15, 0.2) is 0 Å². The fourth-order valence-electron chi connectivity index (χ4n) is 2.85. The smallest absolute Gasteiger partial charge is 0.237 e. The Balaban J connectivity index is 1.67. The summed E-state index contributed by atoms with van der Waals surface area (Å²) in [7, 11) is 0. The van der Waals surface area contributed by atoms with Gasteiger partial charge in [0.1, 0.15) is 0 Å². The molecule has 6 nitrogen and oxygen atoms in total. The lowest BCUT2D eigenvalue weighted by Crippen LogP contribution is -2.54. The summed E-state index contributed by atoms with van der Waals surface area (Å²) in [4.78, 5) is 16.6. The molecule has 6 heteroatoms. The van der Waals surface area contributed by atoms with Gasteiger partial charge < -0.3 is 15.2 Å². The van der Waals surface area contributed by atoms with Crippen LogP contribution in [0.25, 0.3) is 0 Å². The Morgan fingerprint density at radius 2 is 2.15 bits per heavy atom. The van der Waals surface area contributed by atoms with Crippen molar-refractivity contribution in [2.45, 2.75) is 31.9 Å². The quantitative estimate of drug-likeness (QED) is 0.674. The average Bonchev–Trinajstić information content (AvgIpc) is 2.98. The van der Waals surface area contributed by atoms with Crippen molar-refractivity contribution in [1.29, 1.82) is 0 Å². The Morgan fingerprint density at radius 3 is 2.75 bits per heavy atom. The van der Waals surface area contributed by atoms with Crippen LogP contribution in [0.5, 0.6) is 0 Å². The Morgan fingerprint density at radius 1 is 1.40 bits per heavy atom. The Bertz CT molecular complexity index is 300. The van der Waals surface area contributed by atoms with Crippen LogP contribution in [-0.2, 0) is 9.53 Å². The lowest BCUT2D eigenvalue weighted by molar-refractivity contribution is -0.127. The predicted molar refractivity (Wildman–Crippen MR) is 76.5 cm³/mol. The third-order valence-electron chi connectivity index (χ3n) is 4.28. The van der Waals surface area contributed by atoms with Gasteiger partial charge in [-0.25, -0.2) is 0 Å². The van der Waals surface area contributed by atoms with E-state index >= 15 is 0 Å². The first-order valence-electron chi connectivity index (χ1n) is 7.67. The van der Waals surface area contributed by atoms with E-state index in [1.807, 2.05) is 6.92 Å². The minimum Gasteiger partial charge on any atom is -0.395 e. The zero-order valence-electron chi connectivity index (χ0n) is 12.4. The molecule has 116 valence electrons. The molecule has 0 aromatic carbocycles. The zero-order chi connectivity index (χ0) is 14.4. The normalized spacial score (nSPS) is 26.6. The molecule has 20 heavy (non-hydrogen) atoms. The number of carbonyl (C=O) groups is 1. The largest absolute Gasteiger partial charge is 0.395 e. The number of hydrogen-bond acceptors (Lipinski definition) is 5. The lowest BCUT2D eigenvalue weighted by atomic mass is 10.2. The molecule has 2 aliphatic rings. The van der Waals surface area contributed by atoms with Gasteiger partial charge in [0.2, 0.25) is 5.91 Å². The summed E-state index contributed by atoms with van der Waals surface area (Å²) < 4.78 is 5.51. The Labute approximate surface area is 121 Å². The third kappa shape index (κ3) is 4.41. The van der Waals surface area contributed by atoms with Gasteiger partial charge in [-0.2, -0.15) is 0 Å². The summed E-state index contributed by atoms with van der Waals surface area (Å²) in [5.41, 5.74) is 0. The van der Waals surface area contributed by atoms with E-state index in [1.165, 1.54) is 0 Å². The number of ether oxygens (including phenoxy) is 1. The summed E-state index contributed by atoms with van der Waals surface area (Å²) in [6.45, 7) is 7.96. The molecule has 0 unspecified atom stereocenters. The zero-order valence-corrected chi connectivity index (χ0v) is 12.4. The molecule has 0 aliphatic carbocycles. The van der Waals surface area contributed by atoms with E-state index in [2.05, 4.69) is 15.1 Å². The van der Waals surface area contributed by atoms with Crippen molar-refractivity contribution in [2.75, 3.05) is 52.5 Å². The number of amides is 1. The number of nitrogens with one attached hydrogen (secondary N) is 1. The van der Waals surface area contributed by atoms with Crippen LogP contribution in [0.2, 0.25) is 0 Å². The van der Waals surface area contributed by atoms with E-state index in [9.17, 15) is 4.79 Å². The minimum absolute atomic E-state index is 0.0901. The first kappa shape index (κ1) is 15.7. The monoisotopic (exact) mass is 285 g/mol. The van der Waals surface area contributed by atoms with Crippen molar-refractivity contribution in [3.8, 4) is 0 Å². The summed E-state index contributed by atoms with van der Waals surface area (Å²) in [5, 5.41) is 11.9. The number of piperazine rings is 1. The standard InChI is InChI=1S/C14H27N3O3/c1-12(14(19)15-11-13-3-2-10-20-13)17-6-4-16(5-7-17)8-9-18/h12-13,18H,2-11H2,1H3,(H,15,19)/t12-,13-/m1/s1. The third-order valence-corrected chi connectivity index (χ3v) is 4.28. The minimum atomic E-state index is -0.0901. The second-order valence-corrected chi connectivity index (χ2v) is 5.66. The van der Waals surface area contributed by atoms with Gasteiger partial charge in [0.05, 0.1) is 18.8 Å². The van der Waals surface area contributed by atoms with Crippen LogP contribution >= 0.6 is 0 Å². The van der Waals surface area contributed by atoms with Crippen molar-refractivity contribution in [3.63, 3.8) is 0 Å². The highest BCUT2D eigenvalue weighted by atomic mass is 16.5. The van der Waals surface area contributed by atoms with Gasteiger partial charge in [-0.15, -0.1) is 0 Å². The van der Waals surface area contributed by atoms with Crippen LogP contribution in [0.3, 0.4) is 0 Å². The highest BCUT2D eigenvalue weighted by Crippen LogP contribution is 2.11. The number of β-amino-alcohol motifs (C(OH)–C–C–N with tert-alkyl or cyclic N) is 1. The van der Waals surface area contributed by atoms with E-state index in [0.717, 1.165) is 52.2 Å². The number of aliphatic hydroxyl groups is 1. The molecule has 2 saturated heterocycles. The molecule has 2 heterocycles. The number of rotatable bonds is 6. The average molecular weight is 285 g/mol. The SMILES string of the molecule is C[C@H](C(=O)NC[C@H]1CCCO1)N1CCN(CCO)CC1. The van der Waals surface area contributed by atoms with Gasteiger partial charge >= 0.3 is 0 Å². The molecule has 0 spiro atoms. The fraction of sp³-hybridized carbons (Fsp3) is 0.929. The van der Waals surface area contributed by atoms with Gasteiger partial charge in [-0.1, -0.05) is 0 Å². The molecule has 1 amide bonds. The van der Waals surface area contributed by atoms with Crippen LogP contribution < -0.4 is 5.32 Å². The fourth-order valence-corrected chi connectivity index (χ4v) is 2.85. The molecular formula is C14H27N3O3. The van der Waals surface area contributed by atoms with Crippen molar-refractivity contribution < 1.29 is 14.6 Å². The Kier molecular flexibility index (Phi) is 6.22. The van der Waals surface area contributed by atoms with Crippen LogP contribution in [0.15, 0.2) is 0 Å². The van der Waals surface area contributed by atoms with E-state index in [4.69, 9.17) is 9.84 Å². The molecule has 0 radical (unpaired) electrons. The lowest BCUT2D eigenvalue weighted by Gasteiger charge is -2.37. The van der Waals surface area contributed by atoms with Crippen molar-refractivity contribution >= 4 is 5.91 Å². The molecule has 0 saturated carbocycles. The predicted octanol–water partition coefficient (Wildman–Crippen LogP) is -0.720. The molecule has 0 aromatic rings. The second-order valence-electron chi connectivity index (χ2n) is 5.66. The van der Waals surface area contributed by atoms with Gasteiger partial charge in [0, 0.05) is 45.9 Å². The van der Waals surface area contributed by atoms with Crippen LogP contribution in [0, 0.1) is 0 Å². The molecule has 2 atom stereocenters. The van der Waals surface area contributed by atoms with Crippen LogP contribution in [0.1, 0.15) is 19.8 Å². The molecule has 2 N–H and O–H groups in total.